The minimum atomic E-state index is -0.203. The Morgan fingerprint density at radius 1 is 1.10 bits per heavy atom. The lowest BCUT2D eigenvalue weighted by Crippen LogP contribution is -2.39. The molecule has 104 valence electrons. The van der Waals surface area contributed by atoms with E-state index in [9.17, 15) is 4.79 Å². The number of likely N-dealkylation sites (N-methyl/N-ethyl adjacent to an activating group) is 1. The van der Waals surface area contributed by atoms with E-state index in [0.717, 1.165) is 12.2 Å². The van der Waals surface area contributed by atoms with Gasteiger partial charge in [-0.15, -0.1) is 0 Å². The molecule has 2 aromatic carbocycles. The number of nitrogen functional groups attached to an aromatic ring is 1. The molecule has 0 amide bonds. The van der Waals surface area contributed by atoms with Crippen LogP contribution in [0.3, 0.4) is 0 Å². The van der Waals surface area contributed by atoms with E-state index >= 15 is 0 Å². The van der Waals surface area contributed by atoms with Crippen molar-refractivity contribution in [1.82, 2.24) is 0 Å². The van der Waals surface area contributed by atoms with Crippen molar-refractivity contribution in [3.8, 4) is 0 Å². The average molecular weight is 268 g/mol. The fourth-order valence-corrected chi connectivity index (χ4v) is 2.33. The number of nitrogens with two attached hydrogens (primary N) is 1. The van der Waals surface area contributed by atoms with Gasteiger partial charge in [0.1, 0.15) is 0 Å². The molecule has 0 radical (unpaired) electrons. The Hall–Kier alpha value is -2.29. The van der Waals surface area contributed by atoms with Crippen LogP contribution < -0.4 is 10.6 Å². The summed E-state index contributed by atoms with van der Waals surface area (Å²) in [7, 11) is 0. The van der Waals surface area contributed by atoms with Gasteiger partial charge in [-0.2, -0.15) is 0 Å². The molecular weight excluding hydrogens is 248 g/mol. The third kappa shape index (κ3) is 2.99. The van der Waals surface area contributed by atoms with Crippen LogP contribution in [0.1, 0.15) is 24.2 Å². The van der Waals surface area contributed by atoms with E-state index in [0.29, 0.717) is 11.3 Å². The van der Waals surface area contributed by atoms with Crippen LogP contribution in [0, 0.1) is 0 Å². The van der Waals surface area contributed by atoms with Crippen LogP contribution in [0.25, 0.3) is 0 Å². The van der Waals surface area contributed by atoms with Gasteiger partial charge in [0.25, 0.3) is 0 Å². The van der Waals surface area contributed by atoms with Gasteiger partial charge in [0.05, 0.1) is 6.04 Å². The lowest BCUT2D eigenvalue weighted by Gasteiger charge is -2.29. The number of benzene rings is 2. The van der Waals surface area contributed by atoms with Gasteiger partial charge < -0.3 is 10.6 Å². The number of Topliss-reactive ketones (excluding diaryl/α,β-unsaturated/α-hetero) is 1. The second-order valence-electron chi connectivity index (χ2n) is 4.78. The highest BCUT2D eigenvalue weighted by Gasteiger charge is 2.21. The van der Waals surface area contributed by atoms with Crippen molar-refractivity contribution in [2.45, 2.75) is 19.9 Å². The van der Waals surface area contributed by atoms with Gasteiger partial charge in [-0.3, -0.25) is 4.79 Å². The Bertz CT molecular complexity index is 563. The molecule has 2 rings (SSSR count). The van der Waals surface area contributed by atoms with Crippen LogP contribution in [0.4, 0.5) is 11.4 Å². The normalized spacial score (nSPS) is 11.9. The fraction of sp³-hybridized carbons (Fsp3) is 0.235. The predicted octanol–water partition coefficient (Wildman–Crippen LogP) is 3.37. The number of anilines is 2. The summed E-state index contributed by atoms with van der Waals surface area (Å²) in [6.45, 7) is 4.78. The van der Waals surface area contributed by atoms with Gasteiger partial charge in [-0.05, 0) is 50.2 Å². The number of rotatable bonds is 5. The SMILES string of the molecule is CCN(c1ccccc1)C(C)C(=O)c1ccc(N)cc1. The number of hydrogen-bond donors (Lipinski definition) is 1. The summed E-state index contributed by atoms with van der Waals surface area (Å²) < 4.78 is 0. The number of para-hydroxylation sites is 1. The monoisotopic (exact) mass is 268 g/mol. The van der Waals surface area contributed by atoms with E-state index in [2.05, 4.69) is 11.8 Å². The van der Waals surface area contributed by atoms with Gasteiger partial charge in [0, 0.05) is 23.5 Å². The molecule has 0 aliphatic heterocycles. The Kier molecular flexibility index (Phi) is 4.41. The lowest BCUT2D eigenvalue weighted by molar-refractivity contribution is 0.0964. The van der Waals surface area contributed by atoms with Gasteiger partial charge in [0.2, 0.25) is 0 Å². The number of carbonyl (C=O) groups is 1. The molecule has 3 heteroatoms. The van der Waals surface area contributed by atoms with Gasteiger partial charge in [-0.1, -0.05) is 18.2 Å². The van der Waals surface area contributed by atoms with Crippen LogP contribution in [0.15, 0.2) is 54.6 Å². The van der Waals surface area contributed by atoms with Crippen LogP contribution in [0.2, 0.25) is 0 Å². The standard InChI is InChI=1S/C17H20N2O/c1-3-19(16-7-5-4-6-8-16)13(2)17(20)14-9-11-15(18)12-10-14/h4-13H,3,18H2,1-2H3. The quantitative estimate of drug-likeness (QED) is 0.668. The average Bonchev–Trinajstić information content (AvgIpc) is 2.49. The van der Waals surface area contributed by atoms with Crippen LogP contribution in [-0.2, 0) is 0 Å². The molecule has 20 heavy (non-hydrogen) atoms. The minimum absolute atomic E-state index is 0.107. The van der Waals surface area contributed by atoms with Gasteiger partial charge in [0.15, 0.2) is 5.78 Å². The first kappa shape index (κ1) is 14.1. The Morgan fingerprint density at radius 3 is 2.25 bits per heavy atom. The van der Waals surface area contributed by atoms with E-state index in [1.165, 1.54) is 0 Å². The Balaban J connectivity index is 2.22. The van der Waals surface area contributed by atoms with Crippen LogP contribution in [-0.4, -0.2) is 18.4 Å². The highest BCUT2D eigenvalue weighted by molar-refractivity contribution is 6.01. The number of carbonyl (C=O) groups excluding carboxylic acids is 1. The summed E-state index contributed by atoms with van der Waals surface area (Å²) >= 11 is 0. The van der Waals surface area contributed by atoms with E-state index in [1.54, 1.807) is 24.3 Å². The topological polar surface area (TPSA) is 46.3 Å². The maximum atomic E-state index is 12.5. The molecule has 1 unspecified atom stereocenters. The highest BCUT2D eigenvalue weighted by Crippen LogP contribution is 2.19. The molecule has 1 atom stereocenters. The second kappa shape index (κ2) is 6.24. The number of nitrogens with zero attached hydrogens (tertiary/aromatic N) is 1. The zero-order valence-electron chi connectivity index (χ0n) is 11.9. The third-order valence-electron chi connectivity index (χ3n) is 3.47. The molecule has 0 aliphatic carbocycles. The van der Waals surface area contributed by atoms with Crippen LogP contribution in [0.5, 0.6) is 0 Å². The van der Waals surface area contributed by atoms with Crippen molar-refractivity contribution in [2.24, 2.45) is 0 Å². The lowest BCUT2D eigenvalue weighted by atomic mass is 10.0. The molecule has 0 saturated heterocycles. The molecule has 0 spiro atoms. The largest absolute Gasteiger partial charge is 0.399 e. The van der Waals surface area contributed by atoms with Crippen molar-refractivity contribution in [2.75, 3.05) is 17.2 Å². The molecule has 0 saturated carbocycles. The highest BCUT2D eigenvalue weighted by atomic mass is 16.1. The molecule has 0 fully saturated rings. The van der Waals surface area contributed by atoms with E-state index < -0.39 is 0 Å². The van der Waals surface area contributed by atoms with E-state index in [-0.39, 0.29) is 11.8 Å². The zero-order chi connectivity index (χ0) is 14.5. The van der Waals surface area contributed by atoms with Crippen molar-refractivity contribution in [3.05, 3.63) is 60.2 Å². The molecular formula is C17H20N2O. The fourth-order valence-electron chi connectivity index (χ4n) is 2.33. The maximum Gasteiger partial charge on any atom is 0.184 e. The molecule has 0 aliphatic rings. The first-order valence-electron chi connectivity index (χ1n) is 6.85. The van der Waals surface area contributed by atoms with E-state index in [1.807, 2.05) is 37.3 Å². The minimum Gasteiger partial charge on any atom is -0.399 e. The smallest absolute Gasteiger partial charge is 0.184 e. The van der Waals surface area contributed by atoms with Crippen molar-refractivity contribution < 1.29 is 4.79 Å². The summed E-state index contributed by atoms with van der Waals surface area (Å²) in [5, 5.41) is 0. The van der Waals surface area contributed by atoms with E-state index in [4.69, 9.17) is 5.73 Å². The number of hydrogen-bond acceptors (Lipinski definition) is 3. The second-order valence-corrected chi connectivity index (χ2v) is 4.78. The molecule has 3 nitrogen and oxygen atoms in total. The number of ketones is 1. The van der Waals surface area contributed by atoms with Gasteiger partial charge >= 0.3 is 0 Å². The summed E-state index contributed by atoms with van der Waals surface area (Å²) in [5.74, 6) is 0.107. The Morgan fingerprint density at radius 2 is 1.70 bits per heavy atom. The first-order chi connectivity index (χ1) is 9.63. The maximum absolute atomic E-state index is 12.5. The molecule has 0 bridgehead atoms. The van der Waals surface area contributed by atoms with Crippen molar-refractivity contribution in [3.63, 3.8) is 0 Å². The molecule has 2 aromatic rings. The third-order valence-corrected chi connectivity index (χ3v) is 3.47. The summed E-state index contributed by atoms with van der Waals surface area (Å²) in [6, 6.07) is 16.9. The molecule has 2 N–H and O–H groups in total. The van der Waals surface area contributed by atoms with Crippen LogP contribution >= 0.6 is 0 Å². The summed E-state index contributed by atoms with van der Waals surface area (Å²) in [6.07, 6.45) is 0. The van der Waals surface area contributed by atoms with Crippen molar-refractivity contribution in [1.29, 1.82) is 0 Å². The van der Waals surface area contributed by atoms with Crippen molar-refractivity contribution >= 4 is 17.2 Å². The summed E-state index contributed by atoms with van der Waals surface area (Å²) in [4.78, 5) is 14.6. The van der Waals surface area contributed by atoms with Gasteiger partial charge in [-0.25, -0.2) is 0 Å². The Labute approximate surface area is 120 Å². The first-order valence-corrected chi connectivity index (χ1v) is 6.85. The molecule has 0 aromatic heterocycles. The summed E-state index contributed by atoms with van der Waals surface area (Å²) in [5.41, 5.74) is 8.09. The molecule has 0 heterocycles. The zero-order valence-corrected chi connectivity index (χ0v) is 11.9. The predicted molar refractivity (Wildman–Crippen MR) is 84.1 cm³/mol.